The number of carbonyl (C=O) groups excluding carboxylic acids is 1. The third-order valence-corrected chi connectivity index (χ3v) is 2.26. The molecule has 0 aliphatic rings. The highest BCUT2D eigenvalue weighted by atomic mass is 16.4. The van der Waals surface area contributed by atoms with Crippen LogP contribution in [0.3, 0.4) is 0 Å². The molecule has 17 heavy (non-hydrogen) atoms. The van der Waals surface area contributed by atoms with Gasteiger partial charge in [-0.1, -0.05) is 0 Å². The van der Waals surface area contributed by atoms with Crippen molar-refractivity contribution in [2.24, 2.45) is 5.73 Å². The van der Waals surface area contributed by atoms with E-state index in [2.05, 4.69) is 0 Å². The number of hydrogen-bond acceptors (Lipinski definition) is 4. The van der Waals surface area contributed by atoms with Crippen LogP contribution in [0, 0.1) is 0 Å². The van der Waals surface area contributed by atoms with Crippen molar-refractivity contribution in [3.63, 3.8) is 0 Å². The molecule has 4 N–H and O–H groups in total. The summed E-state index contributed by atoms with van der Waals surface area (Å²) in [5.74, 6) is -1.30. The van der Waals surface area contributed by atoms with Gasteiger partial charge < -0.3 is 20.8 Å². The molecule has 6 nitrogen and oxygen atoms in total. The van der Waals surface area contributed by atoms with Crippen LogP contribution in [0.4, 0.5) is 0 Å². The van der Waals surface area contributed by atoms with Gasteiger partial charge in [0.2, 0.25) is 5.91 Å². The topological polar surface area (TPSA) is 104 Å². The second-order valence-corrected chi connectivity index (χ2v) is 4.70. The molecule has 6 heteroatoms. The summed E-state index contributed by atoms with van der Waals surface area (Å²) in [4.78, 5) is 23.7. The summed E-state index contributed by atoms with van der Waals surface area (Å²) in [5.41, 5.74) is 4.64. The minimum Gasteiger partial charge on any atom is -0.481 e. The van der Waals surface area contributed by atoms with Gasteiger partial charge >= 0.3 is 5.97 Å². The van der Waals surface area contributed by atoms with Crippen LogP contribution in [0.1, 0.15) is 33.6 Å². The van der Waals surface area contributed by atoms with E-state index in [0.29, 0.717) is 6.54 Å². The van der Waals surface area contributed by atoms with E-state index in [1.807, 2.05) is 0 Å². The van der Waals surface area contributed by atoms with Crippen molar-refractivity contribution >= 4 is 11.9 Å². The summed E-state index contributed by atoms with van der Waals surface area (Å²) in [6.45, 7) is 5.61. The van der Waals surface area contributed by atoms with Crippen molar-refractivity contribution < 1.29 is 19.8 Å². The van der Waals surface area contributed by atoms with Gasteiger partial charge in [0.25, 0.3) is 0 Å². The molecule has 0 aromatic rings. The first kappa shape index (κ1) is 15.9. The van der Waals surface area contributed by atoms with Crippen LogP contribution in [0.2, 0.25) is 0 Å². The van der Waals surface area contributed by atoms with Crippen LogP contribution in [0.15, 0.2) is 0 Å². The number of nitrogens with zero attached hydrogens (tertiary/aromatic N) is 1. The van der Waals surface area contributed by atoms with E-state index in [1.165, 1.54) is 4.90 Å². The molecule has 1 amide bonds. The zero-order valence-electron chi connectivity index (χ0n) is 10.6. The van der Waals surface area contributed by atoms with Gasteiger partial charge in [0.1, 0.15) is 0 Å². The monoisotopic (exact) mass is 246 g/mol. The van der Waals surface area contributed by atoms with Gasteiger partial charge in [-0.25, -0.2) is 0 Å². The van der Waals surface area contributed by atoms with Gasteiger partial charge in [-0.3, -0.25) is 9.59 Å². The van der Waals surface area contributed by atoms with Crippen molar-refractivity contribution in [1.82, 2.24) is 4.90 Å². The summed E-state index contributed by atoms with van der Waals surface area (Å²) in [6, 6.07) is -0.826. The van der Waals surface area contributed by atoms with Gasteiger partial charge in [-0.2, -0.15) is 0 Å². The molecule has 0 heterocycles. The molecule has 0 aliphatic heterocycles. The maximum atomic E-state index is 11.9. The molecule has 0 radical (unpaired) electrons. The number of hydrogen-bond donors (Lipinski definition) is 3. The maximum absolute atomic E-state index is 11.9. The number of carboxylic acid groups (broad SMARTS) is 1. The van der Waals surface area contributed by atoms with E-state index >= 15 is 0 Å². The fraction of sp³-hybridized carbons (Fsp3) is 0.818. The Morgan fingerprint density at radius 3 is 2.29 bits per heavy atom. The van der Waals surface area contributed by atoms with Crippen molar-refractivity contribution in [2.75, 3.05) is 13.1 Å². The van der Waals surface area contributed by atoms with Crippen LogP contribution in [0.5, 0.6) is 0 Å². The second kappa shape index (κ2) is 6.56. The van der Waals surface area contributed by atoms with Crippen LogP contribution in [-0.4, -0.2) is 51.7 Å². The highest BCUT2D eigenvalue weighted by molar-refractivity contribution is 5.82. The SMILES string of the molecule is CCN(CC(C)(C)O)C(=O)C(N)CCC(=O)O. The maximum Gasteiger partial charge on any atom is 0.303 e. The van der Waals surface area contributed by atoms with E-state index in [4.69, 9.17) is 10.8 Å². The van der Waals surface area contributed by atoms with Crippen molar-refractivity contribution in [3.8, 4) is 0 Å². The molecular formula is C11H22N2O4. The van der Waals surface area contributed by atoms with Gasteiger partial charge in [-0.15, -0.1) is 0 Å². The molecule has 0 aromatic carbocycles. The number of nitrogens with two attached hydrogens (primary N) is 1. The van der Waals surface area contributed by atoms with Gasteiger partial charge in [0.15, 0.2) is 0 Å². The van der Waals surface area contributed by atoms with Crippen molar-refractivity contribution in [1.29, 1.82) is 0 Å². The number of aliphatic carboxylic acids is 1. The van der Waals surface area contributed by atoms with E-state index in [0.717, 1.165) is 0 Å². The highest BCUT2D eigenvalue weighted by Gasteiger charge is 2.25. The zero-order chi connectivity index (χ0) is 13.6. The number of likely N-dealkylation sites (N-methyl/N-ethyl adjacent to an activating group) is 1. The Morgan fingerprint density at radius 1 is 1.41 bits per heavy atom. The Morgan fingerprint density at radius 2 is 1.94 bits per heavy atom. The Bertz CT molecular complexity index is 273. The Hall–Kier alpha value is -1.14. The molecule has 0 aliphatic carbocycles. The summed E-state index contributed by atoms with van der Waals surface area (Å²) < 4.78 is 0. The first-order chi connectivity index (χ1) is 7.67. The summed E-state index contributed by atoms with van der Waals surface area (Å²) in [5, 5.41) is 18.1. The molecule has 0 saturated carbocycles. The first-order valence-electron chi connectivity index (χ1n) is 5.66. The lowest BCUT2D eigenvalue weighted by molar-refractivity contribution is -0.138. The summed E-state index contributed by atoms with van der Waals surface area (Å²) in [6.07, 6.45) is -0.0243. The van der Waals surface area contributed by atoms with Crippen LogP contribution < -0.4 is 5.73 Å². The van der Waals surface area contributed by atoms with Crippen LogP contribution >= 0.6 is 0 Å². The predicted molar refractivity (Wildman–Crippen MR) is 63.4 cm³/mol. The lowest BCUT2D eigenvalue weighted by Gasteiger charge is -2.30. The molecule has 0 fully saturated rings. The lowest BCUT2D eigenvalue weighted by Crippen LogP contribution is -2.49. The van der Waals surface area contributed by atoms with E-state index < -0.39 is 17.6 Å². The van der Waals surface area contributed by atoms with E-state index in [9.17, 15) is 14.7 Å². The van der Waals surface area contributed by atoms with E-state index in [-0.39, 0.29) is 25.3 Å². The molecular weight excluding hydrogens is 224 g/mol. The predicted octanol–water partition coefficient (Wildman–Crippen LogP) is -0.202. The Labute approximate surface area is 101 Å². The average Bonchev–Trinajstić information content (AvgIpc) is 2.20. The van der Waals surface area contributed by atoms with Crippen LogP contribution in [-0.2, 0) is 9.59 Å². The van der Waals surface area contributed by atoms with Gasteiger partial charge in [-0.05, 0) is 27.2 Å². The molecule has 0 spiro atoms. The number of carbonyl (C=O) groups is 2. The van der Waals surface area contributed by atoms with Crippen molar-refractivity contribution in [3.05, 3.63) is 0 Å². The third kappa shape index (κ3) is 6.91. The van der Waals surface area contributed by atoms with Crippen molar-refractivity contribution in [2.45, 2.75) is 45.3 Å². The molecule has 0 bridgehead atoms. The molecule has 0 saturated heterocycles. The average molecular weight is 246 g/mol. The smallest absolute Gasteiger partial charge is 0.303 e. The second-order valence-electron chi connectivity index (χ2n) is 4.70. The molecule has 0 rings (SSSR count). The van der Waals surface area contributed by atoms with Gasteiger partial charge in [0, 0.05) is 19.5 Å². The molecule has 100 valence electrons. The fourth-order valence-corrected chi connectivity index (χ4v) is 1.45. The largest absolute Gasteiger partial charge is 0.481 e. The van der Waals surface area contributed by atoms with E-state index in [1.54, 1.807) is 20.8 Å². The Kier molecular flexibility index (Phi) is 6.12. The molecule has 0 aromatic heterocycles. The third-order valence-electron chi connectivity index (χ3n) is 2.26. The lowest BCUT2D eigenvalue weighted by atomic mass is 10.1. The quantitative estimate of drug-likeness (QED) is 0.577. The Balaban J connectivity index is 4.37. The van der Waals surface area contributed by atoms with Gasteiger partial charge in [0.05, 0.1) is 11.6 Å². The first-order valence-corrected chi connectivity index (χ1v) is 5.66. The molecule has 1 atom stereocenters. The van der Waals surface area contributed by atoms with Crippen LogP contribution in [0.25, 0.3) is 0 Å². The number of amides is 1. The fourth-order valence-electron chi connectivity index (χ4n) is 1.45. The number of aliphatic hydroxyl groups is 1. The minimum absolute atomic E-state index is 0.108. The summed E-state index contributed by atoms with van der Waals surface area (Å²) >= 11 is 0. The minimum atomic E-state index is -0.988. The number of rotatable bonds is 7. The molecule has 1 unspecified atom stereocenters. The standard InChI is InChI=1S/C11H22N2O4/c1-4-13(7-11(2,3)17)10(16)8(12)5-6-9(14)15/h8,17H,4-7,12H2,1-3H3,(H,14,15). The number of carboxylic acids is 1. The highest BCUT2D eigenvalue weighted by Crippen LogP contribution is 2.07. The zero-order valence-corrected chi connectivity index (χ0v) is 10.6. The normalized spacial score (nSPS) is 13.2. The summed E-state index contributed by atoms with van der Waals surface area (Å²) in [7, 11) is 0.